The summed E-state index contributed by atoms with van der Waals surface area (Å²) in [4.78, 5) is 11.1. The Morgan fingerprint density at radius 1 is 1.92 bits per heavy atom. The van der Waals surface area contributed by atoms with E-state index in [9.17, 15) is 4.79 Å². The fourth-order valence-electron chi connectivity index (χ4n) is 1.17. The highest BCUT2D eigenvalue weighted by molar-refractivity contribution is 7.80. The van der Waals surface area contributed by atoms with Crippen LogP contribution < -0.4 is 10.6 Å². The van der Waals surface area contributed by atoms with Crippen LogP contribution in [0, 0.1) is 0 Å². The van der Waals surface area contributed by atoms with Crippen molar-refractivity contribution in [3.05, 3.63) is 0 Å². The largest absolute Gasteiger partial charge is 0.374 e. The summed E-state index contributed by atoms with van der Waals surface area (Å²) in [7, 11) is 4.96. The summed E-state index contributed by atoms with van der Waals surface area (Å²) < 4.78 is 0. The van der Waals surface area contributed by atoms with Gasteiger partial charge in [-0.15, -0.1) is 0 Å². The molecule has 0 aromatic rings. The van der Waals surface area contributed by atoms with Gasteiger partial charge in [0.15, 0.2) is 5.81 Å². The first-order valence-corrected chi connectivity index (χ1v) is 4.64. The van der Waals surface area contributed by atoms with Gasteiger partial charge >= 0.3 is 0 Å². The van der Waals surface area contributed by atoms with E-state index in [2.05, 4.69) is 23.3 Å². The normalized spacial score (nSPS) is 28.2. The van der Waals surface area contributed by atoms with E-state index in [4.69, 9.17) is 20.1 Å². The Hall–Kier alpha value is -0.225. The molecule has 0 unspecified atom stereocenters. The number of hydrogen-bond donors (Lipinski definition) is 3. The second-order valence-corrected chi connectivity index (χ2v) is 3.49. The summed E-state index contributed by atoms with van der Waals surface area (Å²) in [5.74, 6) is 0.167. The molecule has 0 spiro atoms. The molecule has 0 aliphatic carbocycles. The number of thiocarbonyl (C=S) groups is 1. The van der Waals surface area contributed by atoms with Crippen molar-refractivity contribution in [3.63, 3.8) is 0 Å². The fraction of sp³-hybridized carbons (Fsp3) is 0.667. The minimum absolute atomic E-state index is 0.116. The first-order chi connectivity index (χ1) is 5.63. The van der Waals surface area contributed by atoms with Crippen LogP contribution in [-0.4, -0.2) is 36.5 Å². The molecule has 1 aliphatic rings. The predicted octanol–water partition coefficient (Wildman–Crippen LogP) is -0.148. The Labute approximate surface area is 83.5 Å². The van der Waals surface area contributed by atoms with Crippen LogP contribution in [-0.2, 0) is 0 Å². The topological polar surface area (TPSA) is 41.1 Å². The highest BCUT2D eigenvalue weighted by Gasteiger charge is 2.27. The second-order valence-electron chi connectivity index (χ2n) is 2.68. The van der Waals surface area contributed by atoms with E-state index in [1.807, 2.05) is 0 Å². The third kappa shape index (κ3) is 2.38. The third-order valence-corrected chi connectivity index (χ3v) is 2.56. The number of carbonyl (C=O) groups excluding carboxylic acids is 1. The van der Waals surface area contributed by atoms with Gasteiger partial charge in [-0.3, -0.25) is 4.79 Å². The molecular weight excluding hydrogens is 191 g/mol. The van der Waals surface area contributed by atoms with Crippen LogP contribution in [0.1, 0.15) is 6.42 Å². The smallest absolute Gasteiger partial charge is 0.200 e. The molecule has 3 nitrogen and oxygen atoms in total. The molecule has 1 amide bonds. The van der Waals surface area contributed by atoms with Crippen LogP contribution in [0.3, 0.4) is 0 Å². The van der Waals surface area contributed by atoms with E-state index in [0.717, 1.165) is 6.42 Å². The maximum absolute atomic E-state index is 10.5. The quantitative estimate of drug-likeness (QED) is 0.330. The first kappa shape index (κ1) is 9.86. The molecule has 6 heteroatoms. The number of nitrogens with one attached hydrogen (secondary N) is 2. The van der Waals surface area contributed by atoms with Gasteiger partial charge in [0.1, 0.15) is 0 Å². The molecule has 1 saturated heterocycles. The van der Waals surface area contributed by atoms with Crippen molar-refractivity contribution in [1.29, 1.82) is 0 Å². The third-order valence-electron chi connectivity index (χ3n) is 1.72. The summed E-state index contributed by atoms with van der Waals surface area (Å²) in [6.45, 7) is 0. The van der Waals surface area contributed by atoms with Gasteiger partial charge in [0.05, 0.1) is 11.0 Å². The van der Waals surface area contributed by atoms with Crippen LogP contribution in [0.4, 0.5) is 4.79 Å². The molecule has 0 bridgehead atoms. The zero-order valence-electron chi connectivity index (χ0n) is 6.41. The van der Waals surface area contributed by atoms with E-state index in [0.29, 0.717) is 10.7 Å². The Morgan fingerprint density at radius 2 is 2.58 bits per heavy atom. The lowest BCUT2D eigenvalue weighted by molar-refractivity contribution is 0.258. The van der Waals surface area contributed by atoms with Gasteiger partial charge in [-0.2, -0.15) is 12.6 Å². The molecule has 1 aliphatic heterocycles. The Morgan fingerprint density at radius 3 is 3.00 bits per heavy atom. The number of hydrogen-bond acceptors (Lipinski definition) is 3. The van der Waals surface area contributed by atoms with E-state index in [1.165, 1.54) is 0 Å². The molecular formula is C6H9BN2OS2. The molecule has 1 fully saturated rings. The van der Waals surface area contributed by atoms with E-state index < -0.39 is 5.81 Å². The van der Waals surface area contributed by atoms with E-state index in [-0.39, 0.29) is 12.1 Å². The Bertz CT molecular complexity index is 212. The van der Waals surface area contributed by atoms with Crippen LogP contribution in [0.15, 0.2) is 0 Å². The van der Waals surface area contributed by atoms with Crippen molar-refractivity contribution in [3.8, 4) is 0 Å². The van der Waals surface area contributed by atoms with Crippen molar-refractivity contribution in [2.45, 2.75) is 18.5 Å². The lowest BCUT2D eigenvalue weighted by atomic mass is 10.1. The van der Waals surface area contributed by atoms with Crippen molar-refractivity contribution in [2.24, 2.45) is 0 Å². The van der Waals surface area contributed by atoms with Crippen LogP contribution in [0.2, 0.25) is 0 Å². The van der Waals surface area contributed by atoms with Crippen molar-refractivity contribution in [2.75, 3.05) is 5.75 Å². The average Bonchev–Trinajstić information content (AvgIpc) is 2.31. The van der Waals surface area contributed by atoms with Gasteiger partial charge in [0.25, 0.3) is 0 Å². The van der Waals surface area contributed by atoms with E-state index in [1.54, 1.807) is 0 Å². The lowest BCUT2D eigenvalue weighted by Gasteiger charge is -2.08. The molecule has 2 radical (unpaired) electrons. The maximum Gasteiger partial charge on any atom is 0.200 e. The number of carbonyl (C=O) groups is 1. The minimum Gasteiger partial charge on any atom is -0.374 e. The molecule has 1 rings (SSSR count). The monoisotopic (exact) mass is 200 g/mol. The van der Waals surface area contributed by atoms with Gasteiger partial charge in [-0.05, 0) is 6.42 Å². The van der Waals surface area contributed by atoms with Crippen LogP contribution in [0.25, 0.3) is 0 Å². The van der Waals surface area contributed by atoms with Crippen molar-refractivity contribution >= 4 is 43.5 Å². The maximum atomic E-state index is 10.5. The standard InChI is InChI=1S/C6H9BN2OS2/c7-6(10)9-4-1-3(2-11)8-5(4)12/h3-4,11H,1-2H2,(H,8,12)(H,9,10)/t3-,4+/m1/s1. The van der Waals surface area contributed by atoms with Gasteiger partial charge in [-0.1, -0.05) is 12.2 Å². The highest BCUT2D eigenvalue weighted by Crippen LogP contribution is 2.10. The number of thiol groups is 1. The van der Waals surface area contributed by atoms with Gasteiger partial charge in [0.2, 0.25) is 7.85 Å². The molecule has 0 saturated carbocycles. The molecule has 2 N–H and O–H groups in total. The van der Waals surface area contributed by atoms with Gasteiger partial charge in [0, 0.05) is 11.8 Å². The highest BCUT2D eigenvalue weighted by atomic mass is 32.1. The second kappa shape index (κ2) is 4.14. The number of rotatable bonds is 2. The van der Waals surface area contributed by atoms with Gasteiger partial charge in [-0.25, -0.2) is 0 Å². The Balaban J connectivity index is 2.46. The van der Waals surface area contributed by atoms with Crippen LogP contribution >= 0.6 is 24.8 Å². The molecule has 2 atom stereocenters. The molecule has 0 aromatic carbocycles. The first-order valence-electron chi connectivity index (χ1n) is 3.60. The lowest BCUT2D eigenvalue weighted by Crippen LogP contribution is -2.38. The molecule has 64 valence electrons. The summed E-state index contributed by atoms with van der Waals surface area (Å²) in [5.41, 5.74) is 0. The summed E-state index contributed by atoms with van der Waals surface area (Å²) >= 11 is 9.11. The number of amides is 1. The van der Waals surface area contributed by atoms with E-state index >= 15 is 0 Å². The SMILES string of the molecule is [B]C(=O)N[C@H]1C[C@H](CS)NC1=S. The molecule has 12 heavy (non-hydrogen) atoms. The Kier molecular flexibility index (Phi) is 3.40. The summed E-state index contributed by atoms with van der Waals surface area (Å²) in [5, 5.41) is 5.60. The minimum atomic E-state index is -0.538. The average molecular weight is 200 g/mol. The zero-order valence-corrected chi connectivity index (χ0v) is 8.12. The van der Waals surface area contributed by atoms with Crippen molar-refractivity contribution < 1.29 is 4.79 Å². The molecule has 1 heterocycles. The molecule has 0 aromatic heterocycles. The van der Waals surface area contributed by atoms with Crippen LogP contribution in [0.5, 0.6) is 0 Å². The van der Waals surface area contributed by atoms with Gasteiger partial charge < -0.3 is 10.6 Å². The summed E-state index contributed by atoms with van der Waals surface area (Å²) in [6.07, 6.45) is 0.769. The predicted molar refractivity (Wildman–Crippen MR) is 56.1 cm³/mol. The van der Waals surface area contributed by atoms with Crippen molar-refractivity contribution in [1.82, 2.24) is 10.6 Å². The summed E-state index contributed by atoms with van der Waals surface area (Å²) in [6, 6.07) is 0.132. The zero-order chi connectivity index (χ0) is 9.14. The fourth-order valence-corrected chi connectivity index (χ4v) is 1.73.